The fourth-order valence-corrected chi connectivity index (χ4v) is 11.0. The normalized spacial score (nSPS) is 12.7. The number of rotatable bonds is 66. The standard InChI is InChI=1S/C72H137NO5/c1-3-5-7-9-11-13-15-17-19-21-23-24-25-26-27-29-32-36-40-44-48-52-56-60-64-70(75)69(68-74)73-71(76)65-61-57-53-49-45-41-37-33-30-31-35-39-43-47-51-55-59-63-67-78-72(77)66-62-58-54-50-46-42-38-34-28-22-20-18-16-14-12-10-8-6-4-2/h12,14,18,20,60,64,69-70,74-75H,3-11,13,15-17,19,21-59,61-63,65-68H2,1-2H3,(H,73,76)/b14-12-,20-18-,64-60+. The predicted molar refractivity (Wildman–Crippen MR) is 343 cm³/mol. The molecule has 0 aromatic rings. The minimum absolute atomic E-state index is 0.00356. The number of carbonyl (C=O) groups excluding carboxylic acids is 2. The van der Waals surface area contributed by atoms with Gasteiger partial charge >= 0.3 is 5.97 Å². The number of allylic oxidation sites excluding steroid dienone is 5. The lowest BCUT2D eigenvalue weighted by atomic mass is 10.0. The number of hydrogen-bond donors (Lipinski definition) is 3. The van der Waals surface area contributed by atoms with Crippen LogP contribution in [0.1, 0.15) is 386 Å². The third-order valence-corrected chi connectivity index (χ3v) is 16.4. The number of carbonyl (C=O) groups is 2. The van der Waals surface area contributed by atoms with Crippen molar-refractivity contribution in [2.75, 3.05) is 13.2 Å². The maximum Gasteiger partial charge on any atom is 0.305 e. The third kappa shape index (κ3) is 63.3. The quantitative estimate of drug-likeness (QED) is 0.0320. The molecule has 2 atom stereocenters. The molecule has 0 heterocycles. The monoisotopic (exact) mass is 1100 g/mol. The lowest BCUT2D eigenvalue weighted by Crippen LogP contribution is -2.45. The molecule has 0 aliphatic heterocycles. The van der Waals surface area contributed by atoms with Gasteiger partial charge < -0.3 is 20.3 Å². The van der Waals surface area contributed by atoms with E-state index in [9.17, 15) is 19.8 Å². The van der Waals surface area contributed by atoms with Gasteiger partial charge in [-0.2, -0.15) is 0 Å². The summed E-state index contributed by atoms with van der Waals surface area (Å²) in [5.74, 6) is -0.0645. The molecule has 0 saturated heterocycles. The summed E-state index contributed by atoms with van der Waals surface area (Å²) in [5.41, 5.74) is 0. The molecule has 1 amide bonds. The van der Waals surface area contributed by atoms with Gasteiger partial charge in [-0.15, -0.1) is 0 Å². The molecule has 0 spiro atoms. The lowest BCUT2D eigenvalue weighted by molar-refractivity contribution is -0.143. The van der Waals surface area contributed by atoms with Gasteiger partial charge in [0, 0.05) is 12.8 Å². The SMILES string of the molecule is CCCCC/C=C\C/C=C\CCCCCCCCCCCC(=O)OCCCCCCCCCCCCCCCCCCCCC(=O)NC(CO)C(O)/C=C/CCCCCCCCCCCCCCCCCCCCCCCC. The summed E-state index contributed by atoms with van der Waals surface area (Å²) >= 11 is 0. The fraction of sp³-hybridized carbons (Fsp3) is 0.889. The Morgan fingerprint density at radius 2 is 0.641 bits per heavy atom. The van der Waals surface area contributed by atoms with E-state index in [2.05, 4.69) is 43.5 Å². The van der Waals surface area contributed by atoms with Crippen LogP contribution in [0.3, 0.4) is 0 Å². The summed E-state index contributed by atoms with van der Waals surface area (Å²) in [7, 11) is 0. The molecule has 0 aliphatic carbocycles. The topological polar surface area (TPSA) is 95.9 Å². The van der Waals surface area contributed by atoms with Gasteiger partial charge in [0.2, 0.25) is 5.91 Å². The van der Waals surface area contributed by atoms with Gasteiger partial charge in [-0.3, -0.25) is 9.59 Å². The predicted octanol–water partition coefficient (Wildman–Crippen LogP) is 22.7. The van der Waals surface area contributed by atoms with Crippen molar-refractivity contribution in [3.63, 3.8) is 0 Å². The average Bonchev–Trinajstić information content (AvgIpc) is 3.44. The molecular formula is C72H137NO5. The van der Waals surface area contributed by atoms with Gasteiger partial charge in [0.05, 0.1) is 25.4 Å². The van der Waals surface area contributed by atoms with Gasteiger partial charge in [-0.25, -0.2) is 0 Å². The van der Waals surface area contributed by atoms with E-state index in [-0.39, 0.29) is 18.5 Å². The van der Waals surface area contributed by atoms with Crippen molar-refractivity contribution < 1.29 is 24.5 Å². The van der Waals surface area contributed by atoms with Crippen molar-refractivity contribution in [2.24, 2.45) is 0 Å². The highest BCUT2D eigenvalue weighted by Crippen LogP contribution is 2.19. The Kier molecular flexibility index (Phi) is 65.9. The molecule has 6 heteroatoms. The van der Waals surface area contributed by atoms with E-state index in [4.69, 9.17) is 4.74 Å². The molecule has 6 nitrogen and oxygen atoms in total. The molecule has 0 rings (SSSR count). The van der Waals surface area contributed by atoms with Crippen molar-refractivity contribution in [3.8, 4) is 0 Å². The Labute approximate surface area is 487 Å². The number of aliphatic hydroxyl groups excluding tert-OH is 2. The summed E-state index contributed by atoms with van der Waals surface area (Å²) < 4.78 is 5.50. The van der Waals surface area contributed by atoms with E-state index in [0.29, 0.717) is 19.4 Å². The summed E-state index contributed by atoms with van der Waals surface area (Å²) in [6.07, 6.45) is 86.4. The maximum atomic E-state index is 12.5. The minimum atomic E-state index is -0.849. The van der Waals surface area contributed by atoms with E-state index >= 15 is 0 Å². The van der Waals surface area contributed by atoms with Crippen molar-refractivity contribution in [3.05, 3.63) is 36.5 Å². The Hall–Kier alpha value is -1.92. The zero-order valence-electron chi connectivity index (χ0n) is 52.7. The highest BCUT2D eigenvalue weighted by atomic mass is 16.5. The number of esters is 1. The first-order valence-corrected chi connectivity index (χ1v) is 35.3. The second kappa shape index (κ2) is 67.6. The molecule has 0 radical (unpaired) electrons. The van der Waals surface area contributed by atoms with Crippen LogP contribution in [0.25, 0.3) is 0 Å². The summed E-state index contributed by atoms with van der Waals surface area (Å²) in [6.45, 7) is 4.90. The molecule has 0 bridgehead atoms. The van der Waals surface area contributed by atoms with Gasteiger partial charge in [0.25, 0.3) is 0 Å². The van der Waals surface area contributed by atoms with Crippen LogP contribution in [-0.2, 0) is 14.3 Å². The summed E-state index contributed by atoms with van der Waals surface area (Å²) in [4.78, 5) is 24.7. The van der Waals surface area contributed by atoms with Crippen LogP contribution in [0.15, 0.2) is 36.5 Å². The highest BCUT2D eigenvalue weighted by molar-refractivity contribution is 5.76. The fourth-order valence-electron chi connectivity index (χ4n) is 11.0. The van der Waals surface area contributed by atoms with Crippen molar-refractivity contribution in [2.45, 2.75) is 398 Å². The first-order valence-electron chi connectivity index (χ1n) is 35.3. The number of nitrogens with one attached hydrogen (secondary N) is 1. The van der Waals surface area contributed by atoms with Crippen molar-refractivity contribution in [1.82, 2.24) is 5.32 Å². The molecule has 460 valence electrons. The van der Waals surface area contributed by atoms with Crippen LogP contribution < -0.4 is 5.32 Å². The van der Waals surface area contributed by atoms with Gasteiger partial charge in [0.15, 0.2) is 0 Å². The van der Waals surface area contributed by atoms with E-state index in [0.717, 1.165) is 51.4 Å². The maximum absolute atomic E-state index is 12.5. The zero-order chi connectivity index (χ0) is 56.4. The van der Waals surface area contributed by atoms with Crippen LogP contribution >= 0.6 is 0 Å². The number of hydrogen-bond acceptors (Lipinski definition) is 5. The smallest absolute Gasteiger partial charge is 0.305 e. The third-order valence-electron chi connectivity index (χ3n) is 16.4. The second-order valence-electron chi connectivity index (χ2n) is 24.2. The molecule has 0 aromatic carbocycles. The molecule has 2 unspecified atom stereocenters. The molecule has 78 heavy (non-hydrogen) atoms. The number of amides is 1. The van der Waals surface area contributed by atoms with E-state index < -0.39 is 12.1 Å². The van der Waals surface area contributed by atoms with E-state index in [1.807, 2.05) is 6.08 Å². The first kappa shape index (κ1) is 76.1. The highest BCUT2D eigenvalue weighted by Gasteiger charge is 2.18. The van der Waals surface area contributed by atoms with E-state index in [1.54, 1.807) is 6.08 Å². The summed E-state index contributed by atoms with van der Waals surface area (Å²) in [5, 5.41) is 23.3. The van der Waals surface area contributed by atoms with E-state index in [1.165, 1.54) is 308 Å². The largest absolute Gasteiger partial charge is 0.466 e. The van der Waals surface area contributed by atoms with Crippen LogP contribution in [0.5, 0.6) is 0 Å². The average molecular weight is 1100 g/mol. The van der Waals surface area contributed by atoms with Gasteiger partial charge in [-0.05, 0) is 64.2 Å². The Morgan fingerprint density at radius 1 is 0.359 bits per heavy atom. The lowest BCUT2D eigenvalue weighted by Gasteiger charge is -2.20. The summed E-state index contributed by atoms with van der Waals surface area (Å²) in [6, 6.07) is -0.633. The number of unbranched alkanes of at least 4 members (excludes halogenated alkanes) is 51. The molecule has 0 aromatic heterocycles. The van der Waals surface area contributed by atoms with Crippen LogP contribution in [-0.4, -0.2) is 47.4 Å². The van der Waals surface area contributed by atoms with Crippen LogP contribution in [0, 0.1) is 0 Å². The van der Waals surface area contributed by atoms with Gasteiger partial charge in [-0.1, -0.05) is 346 Å². The molecule has 0 saturated carbocycles. The molecule has 0 fully saturated rings. The van der Waals surface area contributed by atoms with Crippen molar-refractivity contribution in [1.29, 1.82) is 0 Å². The molecule has 0 aliphatic rings. The van der Waals surface area contributed by atoms with Crippen LogP contribution in [0.2, 0.25) is 0 Å². The Morgan fingerprint density at radius 3 is 1.00 bits per heavy atom. The van der Waals surface area contributed by atoms with Crippen LogP contribution in [0.4, 0.5) is 0 Å². The zero-order valence-corrected chi connectivity index (χ0v) is 52.7. The first-order chi connectivity index (χ1) is 38.5. The minimum Gasteiger partial charge on any atom is -0.466 e. The molecular weight excluding hydrogens is 959 g/mol. The number of aliphatic hydroxyl groups is 2. The van der Waals surface area contributed by atoms with Crippen molar-refractivity contribution >= 4 is 11.9 Å². The number of ether oxygens (including phenoxy) is 1. The Bertz CT molecular complexity index is 1260. The Balaban J connectivity index is 3.42. The van der Waals surface area contributed by atoms with Gasteiger partial charge in [0.1, 0.15) is 0 Å². The second-order valence-corrected chi connectivity index (χ2v) is 24.2. The molecule has 3 N–H and O–H groups in total.